The first-order valence-corrected chi connectivity index (χ1v) is 16.6. The van der Waals surface area contributed by atoms with E-state index >= 15 is 0 Å². The van der Waals surface area contributed by atoms with E-state index in [-0.39, 0.29) is 40.5 Å². The van der Waals surface area contributed by atoms with Gasteiger partial charge in [-0.1, -0.05) is 12.8 Å². The number of carbonyl (C=O) groups is 1. The van der Waals surface area contributed by atoms with Crippen molar-refractivity contribution in [3.63, 3.8) is 0 Å². The Kier molecular flexibility index (Phi) is 7.37. The quantitative estimate of drug-likeness (QED) is 0.197. The van der Waals surface area contributed by atoms with Crippen molar-refractivity contribution in [3.8, 4) is 22.6 Å². The lowest BCUT2D eigenvalue weighted by molar-refractivity contribution is 0.0815. The maximum Gasteiger partial charge on any atom is 0.270 e. The predicted octanol–water partition coefficient (Wildman–Crippen LogP) is 5.79. The van der Waals surface area contributed by atoms with Gasteiger partial charge in [-0.25, -0.2) is 4.98 Å². The number of phenolic OH excluding ortho intramolecular Hbond substituents is 2. The van der Waals surface area contributed by atoms with Gasteiger partial charge in [0.25, 0.3) is 5.91 Å². The van der Waals surface area contributed by atoms with Crippen molar-refractivity contribution in [2.45, 2.75) is 31.7 Å². The minimum absolute atomic E-state index is 0.0959. The van der Waals surface area contributed by atoms with Crippen molar-refractivity contribution in [1.82, 2.24) is 19.4 Å². The molecule has 1 saturated heterocycles. The molecule has 1 aliphatic carbocycles. The summed E-state index contributed by atoms with van der Waals surface area (Å²) in [5, 5.41) is 27.8. The summed E-state index contributed by atoms with van der Waals surface area (Å²) in [5.74, 6) is 1.81. The molecule has 0 unspecified atom stereocenters. The summed E-state index contributed by atoms with van der Waals surface area (Å²) >= 11 is 3.11. The molecule has 44 heavy (non-hydrogen) atoms. The molecule has 0 radical (unpaired) electrons. The average Bonchev–Trinajstić information content (AvgIpc) is 3.78. The molecule has 1 saturated carbocycles. The SMILES string of the molecule is CN(C)C(=O)c1cc2cnc(Nc3ccc(-c4csc5c(=O)cc(N6CCSCC6)oc45)c(O)c3O)nc2n1C1CCCC1. The van der Waals surface area contributed by atoms with Crippen LogP contribution >= 0.6 is 23.1 Å². The van der Waals surface area contributed by atoms with Gasteiger partial charge in [-0.05, 0) is 31.0 Å². The average molecular weight is 633 g/mol. The number of hydrogen-bond donors (Lipinski definition) is 3. The van der Waals surface area contributed by atoms with Crippen LogP contribution in [0.1, 0.15) is 42.2 Å². The van der Waals surface area contributed by atoms with Crippen molar-refractivity contribution in [2.75, 3.05) is 48.9 Å². The number of hydrogen-bond acceptors (Lipinski definition) is 11. The number of nitrogens with one attached hydrogen (secondary N) is 1. The molecule has 0 bridgehead atoms. The number of phenols is 2. The highest BCUT2D eigenvalue weighted by molar-refractivity contribution is 7.99. The largest absolute Gasteiger partial charge is 0.504 e. The third kappa shape index (κ3) is 4.93. The molecule has 1 aromatic carbocycles. The van der Waals surface area contributed by atoms with E-state index in [0.29, 0.717) is 38.6 Å². The van der Waals surface area contributed by atoms with E-state index in [9.17, 15) is 19.8 Å². The molecule has 1 aliphatic heterocycles. The third-order valence-electron chi connectivity index (χ3n) is 8.33. The van der Waals surface area contributed by atoms with Crippen LogP contribution in [-0.2, 0) is 0 Å². The molecule has 4 aromatic heterocycles. The number of aromatic nitrogens is 3. The minimum Gasteiger partial charge on any atom is -0.504 e. The van der Waals surface area contributed by atoms with Gasteiger partial charge in [-0.15, -0.1) is 11.3 Å². The number of carbonyl (C=O) groups excluding carboxylic acids is 1. The fraction of sp³-hybridized carbons (Fsp3) is 0.355. The monoisotopic (exact) mass is 632 g/mol. The van der Waals surface area contributed by atoms with E-state index in [1.807, 2.05) is 22.4 Å². The summed E-state index contributed by atoms with van der Waals surface area (Å²) < 4.78 is 8.70. The molecule has 7 rings (SSSR count). The standard InChI is InChI=1S/C31H32N6O5S2/c1-35(2)30(41)22-13-17-15-32-31(34-29(17)37(22)18-5-3-4-6-18)33-21-8-7-19(25(39)26(21)40)20-16-44-28-23(38)14-24(42-27(20)28)36-9-11-43-12-10-36/h7-8,13-16,18,39-40H,3-6,9-12H2,1-2H3,(H,32,33,34). The number of rotatable bonds is 6. The molecule has 2 aliphatic rings. The first kappa shape index (κ1) is 28.5. The first-order valence-electron chi connectivity index (χ1n) is 14.6. The number of anilines is 3. The Morgan fingerprint density at radius 3 is 2.61 bits per heavy atom. The van der Waals surface area contributed by atoms with Gasteiger partial charge in [0, 0.05) is 78.9 Å². The summed E-state index contributed by atoms with van der Waals surface area (Å²) in [4.78, 5) is 38.8. The van der Waals surface area contributed by atoms with E-state index in [4.69, 9.17) is 9.40 Å². The Balaban J connectivity index is 1.24. The van der Waals surface area contributed by atoms with E-state index < -0.39 is 0 Å². The number of amides is 1. The van der Waals surface area contributed by atoms with Crippen LogP contribution in [0.4, 0.5) is 17.5 Å². The number of thioether (sulfide) groups is 1. The second-order valence-electron chi connectivity index (χ2n) is 11.3. The Hall–Kier alpha value is -4.23. The Labute approximate surface area is 261 Å². The topological polar surface area (TPSA) is 137 Å². The minimum atomic E-state index is -0.383. The summed E-state index contributed by atoms with van der Waals surface area (Å²) in [5.41, 5.74) is 2.54. The second-order valence-corrected chi connectivity index (χ2v) is 13.5. The number of nitrogens with zero attached hydrogens (tertiary/aromatic N) is 5. The number of benzene rings is 1. The van der Waals surface area contributed by atoms with Gasteiger partial charge in [0.05, 0.1) is 5.69 Å². The van der Waals surface area contributed by atoms with Crippen LogP contribution in [0, 0.1) is 0 Å². The van der Waals surface area contributed by atoms with Crippen molar-refractivity contribution in [2.24, 2.45) is 0 Å². The smallest absolute Gasteiger partial charge is 0.270 e. The zero-order chi connectivity index (χ0) is 30.5. The van der Waals surface area contributed by atoms with Crippen LogP contribution in [0.2, 0.25) is 0 Å². The number of aromatic hydroxyl groups is 2. The van der Waals surface area contributed by atoms with E-state index in [0.717, 1.165) is 55.7 Å². The molecule has 13 heteroatoms. The molecule has 5 aromatic rings. The van der Waals surface area contributed by atoms with Crippen LogP contribution in [-0.4, -0.2) is 74.2 Å². The Morgan fingerprint density at radius 2 is 1.86 bits per heavy atom. The molecule has 0 atom stereocenters. The molecule has 5 heterocycles. The lowest BCUT2D eigenvalue weighted by Gasteiger charge is -2.26. The zero-order valence-electron chi connectivity index (χ0n) is 24.4. The van der Waals surface area contributed by atoms with E-state index in [1.165, 1.54) is 17.4 Å². The summed E-state index contributed by atoms with van der Waals surface area (Å²) in [6.45, 7) is 1.58. The zero-order valence-corrected chi connectivity index (χ0v) is 26.0. The predicted molar refractivity (Wildman–Crippen MR) is 175 cm³/mol. The maximum atomic E-state index is 13.0. The highest BCUT2D eigenvalue weighted by atomic mass is 32.2. The molecular formula is C31H32N6O5S2. The highest BCUT2D eigenvalue weighted by Gasteiger charge is 2.27. The second kappa shape index (κ2) is 11.4. The summed E-state index contributed by atoms with van der Waals surface area (Å²) in [7, 11) is 3.46. The Morgan fingerprint density at radius 1 is 1.09 bits per heavy atom. The lowest BCUT2D eigenvalue weighted by atomic mass is 10.1. The fourth-order valence-corrected chi connectivity index (χ4v) is 7.87. The van der Waals surface area contributed by atoms with Gasteiger partial charge in [-0.2, -0.15) is 16.7 Å². The summed E-state index contributed by atoms with van der Waals surface area (Å²) in [6.07, 6.45) is 5.78. The molecule has 1 amide bonds. The van der Waals surface area contributed by atoms with E-state index in [2.05, 4.69) is 15.2 Å². The van der Waals surface area contributed by atoms with Crippen molar-refractivity contribution in [1.29, 1.82) is 0 Å². The van der Waals surface area contributed by atoms with Gasteiger partial charge in [-0.3, -0.25) is 9.59 Å². The number of thiophene rings is 1. The van der Waals surface area contributed by atoms with Crippen LogP contribution < -0.4 is 15.6 Å². The molecular weight excluding hydrogens is 601 g/mol. The van der Waals surface area contributed by atoms with Gasteiger partial charge in [0.15, 0.2) is 23.0 Å². The van der Waals surface area contributed by atoms with Gasteiger partial charge in [0.1, 0.15) is 16.0 Å². The molecule has 228 valence electrons. The van der Waals surface area contributed by atoms with Crippen LogP contribution in [0.15, 0.2) is 45.1 Å². The normalized spacial score (nSPS) is 15.8. The van der Waals surface area contributed by atoms with Gasteiger partial charge in [0.2, 0.25) is 11.4 Å². The maximum absolute atomic E-state index is 13.0. The van der Waals surface area contributed by atoms with Crippen LogP contribution in [0.5, 0.6) is 11.5 Å². The van der Waals surface area contributed by atoms with Crippen LogP contribution in [0.3, 0.4) is 0 Å². The van der Waals surface area contributed by atoms with Gasteiger partial charge >= 0.3 is 0 Å². The van der Waals surface area contributed by atoms with Crippen molar-refractivity contribution in [3.05, 3.63) is 51.8 Å². The van der Waals surface area contributed by atoms with Crippen molar-refractivity contribution >= 4 is 67.8 Å². The molecule has 2 fully saturated rings. The van der Waals surface area contributed by atoms with Gasteiger partial charge < -0.3 is 34.3 Å². The van der Waals surface area contributed by atoms with E-state index in [1.54, 1.807) is 42.7 Å². The molecule has 0 spiro atoms. The number of fused-ring (bicyclic) bond motifs is 2. The molecule has 3 N–H and O–H groups in total. The summed E-state index contributed by atoms with van der Waals surface area (Å²) in [6, 6.07) is 6.82. The lowest BCUT2D eigenvalue weighted by Crippen LogP contribution is -2.32. The first-order chi connectivity index (χ1) is 21.3. The Bertz CT molecular complexity index is 1950. The fourth-order valence-electron chi connectivity index (χ4n) is 6.07. The van der Waals surface area contributed by atoms with Crippen molar-refractivity contribution < 1.29 is 19.4 Å². The highest BCUT2D eigenvalue weighted by Crippen LogP contribution is 2.46. The molecule has 11 nitrogen and oxygen atoms in total. The third-order valence-corrected chi connectivity index (χ3v) is 10.3. The van der Waals surface area contributed by atoms with Crippen LogP contribution in [0.25, 0.3) is 32.4 Å².